The fourth-order valence-electron chi connectivity index (χ4n) is 3.32. The summed E-state index contributed by atoms with van der Waals surface area (Å²) in [6.45, 7) is 8.46. The molecule has 1 aliphatic heterocycles. The number of amides is 2. The second kappa shape index (κ2) is 7.62. The van der Waals surface area contributed by atoms with E-state index in [-0.39, 0.29) is 29.9 Å². The summed E-state index contributed by atoms with van der Waals surface area (Å²) in [4.78, 5) is 29.1. The van der Waals surface area contributed by atoms with Gasteiger partial charge in [0.15, 0.2) is 0 Å². The van der Waals surface area contributed by atoms with Crippen molar-refractivity contribution in [2.24, 2.45) is 0 Å². The van der Waals surface area contributed by atoms with Crippen LogP contribution in [0.5, 0.6) is 0 Å². The summed E-state index contributed by atoms with van der Waals surface area (Å²) >= 11 is 0. The first kappa shape index (κ1) is 17.5. The second-order valence-corrected chi connectivity index (χ2v) is 6.85. The van der Waals surface area contributed by atoms with E-state index in [2.05, 4.69) is 0 Å². The van der Waals surface area contributed by atoms with Crippen LogP contribution < -0.4 is 0 Å². The van der Waals surface area contributed by atoms with Gasteiger partial charge in [-0.05, 0) is 52.5 Å². The molecule has 0 saturated carbocycles. The molecule has 4 heteroatoms. The minimum atomic E-state index is -0.385. The summed E-state index contributed by atoms with van der Waals surface area (Å²) in [5.74, 6) is -0.737. The predicted molar refractivity (Wildman–Crippen MR) is 91.7 cm³/mol. The van der Waals surface area contributed by atoms with Gasteiger partial charge in [-0.3, -0.25) is 9.59 Å². The monoisotopic (exact) mass is 316 g/mol. The van der Waals surface area contributed by atoms with Crippen molar-refractivity contribution < 1.29 is 9.59 Å². The van der Waals surface area contributed by atoms with E-state index >= 15 is 0 Å². The van der Waals surface area contributed by atoms with Gasteiger partial charge in [0.2, 0.25) is 0 Å². The molecule has 0 aliphatic carbocycles. The van der Waals surface area contributed by atoms with Crippen molar-refractivity contribution >= 4 is 11.8 Å². The number of carbonyl (C=O) groups excluding carboxylic acids is 2. The standard InChI is InChI=1S/C19H28N2O2/c1-14(2)20(13-17-11-6-5-7-12-17)18(22)19(23)21-15(3)9-8-10-16(21)4/h5-7,11-12,14-16H,8-10,13H2,1-4H3. The molecule has 0 N–H and O–H groups in total. The van der Waals surface area contributed by atoms with Crippen molar-refractivity contribution in [1.82, 2.24) is 9.80 Å². The van der Waals surface area contributed by atoms with Crippen molar-refractivity contribution in [3.8, 4) is 0 Å². The van der Waals surface area contributed by atoms with Gasteiger partial charge in [0, 0.05) is 24.7 Å². The first-order valence-electron chi connectivity index (χ1n) is 8.59. The lowest BCUT2D eigenvalue weighted by atomic mass is 9.97. The summed E-state index contributed by atoms with van der Waals surface area (Å²) < 4.78 is 0. The van der Waals surface area contributed by atoms with Gasteiger partial charge in [-0.15, -0.1) is 0 Å². The molecule has 2 amide bonds. The lowest BCUT2D eigenvalue weighted by molar-refractivity contribution is -0.157. The van der Waals surface area contributed by atoms with E-state index in [1.807, 2.05) is 58.0 Å². The van der Waals surface area contributed by atoms with Crippen LogP contribution in [-0.4, -0.2) is 39.7 Å². The smallest absolute Gasteiger partial charge is 0.312 e. The molecule has 4 nitrogen and oxygen atoms in total. The van der Waals surface area contributed by atoms with Crippen molar-refractivity contribution in [1.29, 1.82) is 0 Å². The molecule has 1 aromatic carbocycles. The first-order chi connectivity index (χ1) is 10.9. The Labute approximate surface area is 139 Å². The van der Waals surface area contributed by atoms with Gasteiger partial charge >= 0.3 is 11.8 Å². The Hall–Kier alpha value is -1.84. The summed E-state index contributed by atoms with van der Waals surface area (Å²) in [5, 5.41) is 0. The topological polar surface area (TPSA) is 40.6 Å². The number of likely N-dealkylation sites (tertiary alicyclic amines) is 1. The molecular formula is C19H28N2O2. The molecule has 23 heavy (non-hydrogen) atoms. The van der Waals surface area contributed by atoms with E-state index in [1.54, 1.807) is 9.80 Å². The van der Waals surface area contributed by atoms with E-state index in [4.69, 9.17) is 0 Å². The molecule has 2 atom stereocenters. The van der Waals surface area contributed by atoms with E-state index < -0.39 is 0 Å². The fourth-order valence-corrected chi connectivity index (χ4v) is 3.32. The molecule has 1 fully saturated rings. The lowest BCUT2D eigenvalue weighted by Crippen LogP contribution is -2.54. The maximum absolute atomic E-state index is 12.8. The van der Waals surface area contributed by atoms with Crippen molar-refractivity contribution in [2.45, 2.75) is 71.6 Å². The minimum absolute atomic E-state index is 0.0120. The zero-order valence-electron chi connectivity index (χ0n) is 14.7. The van der Waals surface area contributed by atoms with Crippen LogP contribution in [0.1, 0.15) is 52.5 Å². The quantitative estimate of drug-likeness (QED) is 0.803. The minimum Gasteiger partial charge on any atom is -0.329 e. The largest absolute Gasteiger partial charge is 0.329 e. The SMILES string of the molecule is CC(C)N(Cc1ccccc1)C(=O)C(=O)N1C(C)CCCC1C. The molecule has 1 aromatic rings. The normalized spacial score (nSPS) is 21.3. The Morgan fingerprint density at radius 2 is 1.70 bits per heavy atom. The lowest BCUT2D eigenvalue weighted by Gasteiger charge is -2.40. The van der Waals surface area contributed by atoms with Gasteiger partial charge < -0.3 is 9.80 Å². The average Bonchev–Trinajstić information content (AvgIpc) is 2.52. The van der Waals surface area contributed by atoms with Gasteiger partial charge in [-0.2, -0.15) is 0 Å². The highest BCUT2D eigenvalue weighted by Gasteiger charge is 2.35. The highest BCUT2D eigenvalue weighted by atomic mass is 16.2. The average molecular weight is 316 g/mol. The Morgan fingerprint density at radius 1 is 1.13 bits per heavy atom. The molecule has 1 saturated heterocycles. The van der Waals surface area contributed by atoms with Crippen molar-refractivity contribution in [3.05, 3.63) is 35.9 Å². The number of nitrogens with zero attached hydrogens (tertiary/aromatic N) is 2. The van der Waals surface area contributed by atoms with Crippen LogP contribution in [0.4, 0.5) is 0 Å². The van der Waals surface area contributed by atoms with E-state index in [9.17, 15) is 9.59 Å². The van der Waals surface area contributed by atoms with E-state index in [0.717, 1.165) is 24.8 Å². The van der Waals surface area contributed by atoms with Crippen LogP contribution in [0.15, 0.2) is 30.3 Å². The molecule has 0 spiro atoms. The summed E-state index contributed by atoms with van der Waals surface area (Å²) in [6.07, 6.45) is 3.08. The number of rotatable bonds is 3. The molecule has 2 rings (SSSR count). The Morgan fingerprint density at radius 3 is 2.22 bits per heavy atom. The molecule has 1 heterocycles. The zero-order valence-corrected chi connectivity index (χ0v) is 14.7. The Balaban J connectivity index is 2.15. The van der Waals surface area contributed by atoms with Crippen molar-refractivity contribution in [3.63, 3.8) is 0 Å². The van der Waals surface area contributed by atoms with Gasteiger partial charge in [0.25, 0.3) is 0 Å². The number of piperidine rings is 1. The molecule has 0 bridgehead atoms. The highest BCUT2D eigenvalue weighted by Crippen LogP contribution is 2.23. The second-order valence-electron chi connectivity index (χ2n) is 6.85. The summed E-state index contributed by atoms with van der Waals surface area (Å²) in [7, 11) is 0. The van der Waals surface area contributed by atoms with Gasteiger partial charge in [0.1, 0.15) is 0 Å². The van der Waals surface area contributed by atoms with E-state index in [0.29, 0.717) is 6.54 Å². The highest BCUT2D eigenvalue weighted by molar-refractivity contribution is 6.35. The summed E-state index contributed by atoms with van der Waals surface area (Å²) in [5.41, 5.74) is 1.04. The Kier molecular flexibility index (Phi) is 5.80. The van der Waals surface area contributed by atoms with Gasteiger partial charge in [-0.25, -0.2) is 0 Å². The third-order valence-electron chi connectivity index (χ3n) is 4.69. The molecule has 0 radical (unpaired) electrons. The maximum atomic E-state index is 12.8. The molecule has 0 aromatic heterocycles. The molecular weight excluding hydrogens is 288 g/mol. The maximum Gasteiger partial charge on any atom is 0.312 e. The zero-order chi connectivity index (χ0) is 17.0. The van der Waals surface area contributed by atoms with Gasteiger partial charge in [0.05, 0.1) is 0 Å². The van der Waals surface area contributed by atoms with Crippen LogP contribution in [-0.2, 0) is 16.1 Å². The number of carbonyl (C=O) groups is 2. The van der Waals surface area contributed by atoms with Crippen LogP contribution in [0, 0.1) is 0 Å². The van der Waals surface area contributed by atoms with Crippen LogP contribution >= 0.6 is 0 Å². The Bertz CT molecular complexity index is 532. The fraction of sp³-hybridized carbons (Fsp3) is 0.579. The number of hydrogen-bond donors (Lipinski definition) is 0. The number of benzene rings is 1. The van der Waals surface area contributed by atoms with Crippen LogP contribution in [0.2, 0.25) is 0 Å². The predicted octanol–water partition coefficient (Wildman–Crippen LogP) is 3.21. The molecule has 2 unspecified atom stereocenters. The van der Waals surface area contributed by atoms with Crippen LogP contribution in [0.3, 0.4) is 0 Å². The van der Waals surface area contributed by atoms with Gasteiger partial charge in [-0.1, -0.05) is 30.3 Å². The third-order valence-corrected chi connectivity index (χ3v) is 4.69. The van der Waals surface area contributed by atoms with Crippen molar-refractivity contribution in [2.75, 3.05) is 0 Å². The summed E-state index contributed by atoms with van der Waals surface area (Å²) in [6, 6.07) is 10.1. The third kappa shape index (κ3) is 4.12. The number of hydrogen-bond acceptors (Lipinski definition) is 2. The molecule has 1 aliphatic rings. The molecule has 126 valence electrons. The van der Waals surface area contributed by atoms with E-state index in [1.165, 1.54) is 0 Å². The first-order valence-corrected chi connectivity index (χ1v) is 8.59. The van der Waals surface area contributed by atoms with Crippen LogP contribution in [0.25, 0.3) is 0 Å².